The predicted molar refractivity (Wildman–Crippen MR) is 92.6 cm³/mol. The van der Waals surface area contributed by atoms with Crippen LogP contribution in [0.2, 0.25) is 0 Å². The molecule has 0 saturated carbocycles. The standard InChI is InChI=1S/C20H17FOS/c1-14-3-7-16(8-4-14)23(17-9-5-15(2)6-10-17)18-11-12-20(22)19(21)13-18/h3-13H,1-2H3/p+1. The van der Waals surface area contributed by atoms with Crippen LogP contribution in [0.3, 0.4) is 0 Å². The second-order valence-electron chi connectivity index (χ2n) is 5.55. The molecule has 0 aromatic heterocycles. The summed E-state index contributed by atoms with van der Waals surface area (Å²) < 4.78 is 13.9. The van der Waals surface area contributed by atoms with E-state index in [1.54, 1.807) is 6.07 Å². The van der Waals surface area contributed by atoms with Gasteiger partial charge in [0.05, 0.1) is 10.9 Å². The minimum absolute atomic E-state index is 0.315. The molecule has 3 aromatic carbocycles. The number of hydrogen-bond donors (Lipinski definition) is 1. The van der Waals surface area contributed by atoms with Gasteiger partial charge in [-0.15, -0.1) is 0 Å². The Balaban J connectivity index is 2.14. The third-order valence-electron chi connectivity index (χ3n) is 3.67. The average molecular weight is 325 g/mol. The first-order chi connectivity index (χ1) is 11.0. The van der Waals surface area contributed by atoms with E-state index in [-0.39, 0.29) is 5.75 Å². The van der Waals surface area contributed by atoms with E-state index in [1.807, 2.05) is 13.8 Å². The molecular formula is C20H18FOS+. The van der Waals surface area contributed by atoms with Crippen molar-refractivity contribution in [1.29, 1.82) is 0 Å². The Morgan fingerprint density at radius 3 is 1.57 bits per heavy atom. The molecule has 0 amide bonds. The minimum atomic E-state index is -0.584. The molecule has 3 heteroatoms. The van der Waals surface area contributed by atoms with Crippen LogP contribution < -0.4 is 0 Å². The van der Waals surface area contributed by atoms with Gasteiger partial charge in [0.2, 0.25) is 0 Å². The Hall–Kier alpha value is -2.26. The van der Waals surface area contributed by atoms with Crippen LogP contribution in [-0.4, -0.2) is 5.11 Å². The van der Waals surface area contributed by atoms with E-state index in [0.717, 1.165) is 14.7 Å². The first kappa shape index (κ1) is 15.6. The average Bonchev–Trinajstić information content (AvgIpc) is 2.55. The van der Waals surface area contributed by atoms with Crippen molar-refractivity contribution in [2.45, 2.75) is 28.5 Å². The van der Waals surface area contributed by atoms with Crippen LogP contribution in [0.1, 0.15) is 11.1 Å². The highest BCUT2D eigenvalue weighted by Gasteiger charge is 2.29. The van der Waals surface area contributed by atoms with Gasteiger partial charge < -0.3 is 5.11 Å². The fraction of sp³-hybridized carbons (Fsp3) is 0.100. The molecule has 0 spiro atoms. The van der Waals surface area contributed by atoms with Crippen LogP contribution in [0.4, 0.5) is 4.39 Å². The maximum absolute atomic E-state index is 13.9. The van der Waals surface area contributed by atoms with E-state index in [9.17, 15) is 9.50 Å². The molecule has 3 aromatic rings. The smallest absolute Gasteiger partial charge is 0.169 e. The van der Waals surface area contributed by atoms with Crippen molar-refractivity contribution in [2.24, 2.45) is 0 Å². The van der Waals surface area contributed by atoms with Crippen molar-refractivity contribution in [3.8, 4) is 5.75 Å². The summed E-state index contributed by atoms with van der Waals surface area (Å²) in [6.07, 6.45) is 0. The van der Waals surface area contributed by atoms with Gasteiger partial charge in [-0.2, -0.15) is 0 Å². The van der Waals surface area contributed by atoms with Crippen molar-refractivity contribution in [1.82, 2.24) is 0 Å². The molecule has 0 saturated heterocycles. The zero-order valence-corrected chi connectivity index (χ0v) is 13.9. The largest absolute Gasteiger partial charge is 0.505 e. The van der Waals surface area contributed by atoms with Gasteiger partial charge in [-0.05, 0) is 50.2 Å². The van der Waals surface area contributed by atoms with E-state index < -0.39 is 16.7 Å². The summed E-state index contributed by atoms with van der Waals surface area (Å²) in [7, 11) is -0.401. The van der Waals surface area contributed by atoms with Gasteiger partial charge in [-0.3, -0.25) is 0 Å². The Morgan fingerprint density at radius 2 is 1.13 bits per heavy atom. The zero-order valence-electron chi connectivity index (χ0n) is 13.1. The molecule has 1 nitrogen and oxygen atoms in total. The lowest BCUT2D eigenvalue weighted by molar-refractivity contribution is 0.431. The number of rotatable bonds is 3. The first-order valence-electron chi connectivity index (χ1n) is 7.41. The molecule has 0 aliphatic carbocycles. The zero-order chi connectivity index (χ0) is 16.4. The third kappa shape index (κ3) is 3.40. The molecule has 0 radical (unpaired) electrons. The van der Waals surface area contributed by atoms with E-state index in [0.29, 0.717) is 0 Å². The third-order valence-corrected chi connectivity index (χ3v) is 5.88. The molecule has 0 unspecified atom stereocenters. The molecule has 0 aliphatic heterocycles. The molecule has 0 aliphatic rings. The van der Waals surface area contributed by atoms with Gasteiger partial charge in [-0.1, -0.05) is 35.4 Å². The summed E-state index contributed by atoms with van der Waals surface area (Å²) in [5.41, 5.74) is 2.39. The Labute approximate surface area is 138 Å². The van der Waals surface area contributed by atoms with Crippen molar-refractivity contribution >= 4 is 10.9 Å². The number of hydrogen-bond acceptors (Lipinski definition) is 1. The van der Waals surface area contributed by atoms with Gasteiger partial charge in [0, 0.05) is 6.07 Å². The lowest BCUT2D eigenvalue weighted by atomic mass is 10.2. The molecule has 116 valence electrons. The van der Waals surface area contributed by atoms with E-state index in [1.165, 1.54) is 23.3 Å². The summed E-state index contributed by atoms with van der Waals surface area (Å²) in [4.78, 5) is 3.11. The quantitative estimate of drug-likeness (QED) is 0.653. The number of phenolic OH excluding ortho intramolecular Hbond substituents is 1. The monoisotopic (exact) mass is 325 g/mol. The normalized spacial score (nSPS) is 11.0. The molecule has 0 atom stereocenters. The highest BCUT2D eigenvalue weighted by Crippen LogP contribution is 2.33. The Bertz CT molecular complexity index is 765. The van der Waals surface area contributed by atoms with Crippen LogP contribution in [-0.2, 0) is 10.9 Å². The van der Waals surface area contributed by atoms with Crippen molar-refractivity contribution in [3.05, 3.63) is 83.7 Å². The molecule has 0 bridgehead atoms. The number of phenols is 1. The molecule has 0 heterocycles. The molecule has 3 rings (SSSR count). The maximum atomic E-state index is 13.9. The lowest BCUT2D eigenvalue weighted by Crippen LogP contribution is -2.05. The van der Waals surface area contributed by atoms with Crippen LogP contribution in [0.5, 0.6) is 5.75 Å². The number of halogens is 1. The van der Waals surface area contributed by atoms with Gasteiger partial charge >= 0.3 is 0 Å². The number of benzene rings is 3. The number of aromatic hydroxyl groups is 1. The van der Waals surface area contributed by atoms with Crippen LogP contribution >= 0.6 is 0 Å². The summed E-state index contributed by atoms with van der Waals surface area (Å²) in [6, 6.07) is 21.3. The molecule has 1 N–H and O–H groups in total. The lowest BCUT2D eigenvalue weighted by Gasteiger charge is -2.09. The minimum Gasteiger partial charge on any atom is -0.505 e. The maximum Gasteiger partial charge on any atom is 0.169 e. The summed E-state index contributed by atoms with van der Waals surface area (Å²) in [5, 5.41) is 9.47. The summed E-state index contributed by atoms with van der Waals surface area (Å²) in [5.74, 6) is -0.899. The second-order valence-corrected chi connectivity index (χ2v) is 7.57. The molecular weight excluding hydrogens is 307 g/mol. The summed E-state index contributed by atoms with van der Waals surface area (Å²) >= 11 is 0. The second kappa shape index (κ2) is 6.47. The van der Waals surface area contributed by atoms with E-state index in [4.69, 9.17) is 0 Å². The fourth-order valence-electron chi connectivity index (χ4n) is 2.37. The number of aryl methyl sites for hydroxylation is 2. The molecule has 23 heavy (non-hydrogen) atoms. The van der Waals surface area contributed by atoms with E-state index >= 15 is 0 Å². The van der Waals surface area contributed by atoms with Gasteiger partial charge in [0.1, 0.15) is 0 Å². The van der Waals surface area contributed by atoms with Gasteiger partial charge in [0.15, 0.2) is 26.3 Å². The van der Waals surface area contributed by atoms with E-state index in [2.05, 4.69) is 48.5 Å². The van der Waals surface area contributed by atoms with Crippen LogP contribution in [0.25, 0.3) is 0 Å². The Morgan fingerprint density at radius 1 is 0.696 bits per heavy atom. The topological polar surface area (TPSA) is 20.2 Å². The highest BCUT2D eigenvalue weighted by molar-refractivity contribution is 7.97. The Kier molecular flexibility index (Phi) is 4.39. The van der Waals surface area contributed by atoms with Crippen molar-refractivity contribution in [3.63, 3.8) is 0 Å². The van der Waals surface area contributed by atoms with Crippen molar-refractivity contribution < 1.29 is 9.50 Å². The van der Waals surface area contributed by atoms with Crippen molar-refractivity contribution in [2.75, 3.05) is 0 Å². The van der Waals surface area contributed by atoms with Crippen LogP contribution in [0.15, 0.2) is 81.4 Å². The van der Waals surface area contributed by atoms with Gasteiger partial charge in [0.25, 0.3) is 0 Å². The first-order valence-corrected chi connectivity index (χ1v) is 8.63. The molecule has 0 fully saturated rings. The predicted octanol–water partition coefficient (Wildman–Crippen LogP) is 5.24. The fourth-order valence-corrected chi connectivity index (χ4v) is 4.43. The highest BCUT2D eigenvalue weighted by atomic mass is 32.2. The van der Waals surface area contributed by atoms with Crippen LogP contribution in [0, 0.1) is 19.7 Å². The SMILES string of the molecule is Cc1ccc([S+](c2ccc(C)cc2)c2ccc(O)c(F)c2)cc1. The summed E-state index contributed by atoms with van der Waals surface area (Å²) in [6.45, 7) is 4.10. The van der Waals surface area contributed by atoms with Gasteiger partial charge in [-0.25, -0.2) is 4.39 Å².